The fourth-order valence-electron chi connectivity index (χ4n) is 9.67. The Kier molecular flexibility index (Phi) is 6.33. The Balaban J connectivity index is 1.17. The molecule has 53 heavy (non-hydrogen) atoms. The molecule has 2 aromatic heterocycles. The molecular weight excluding hydrogens is 641 g/mol. The molecule has 2 heterocycles. The Morgan fingerprint density at radius 1 is 0.340 bits per heavy atom. The maximum Gasteiger partial charge on any atom is 0.0713 e. The highest BCUT2D eigenvalue weighted by molar-refractivity contribution is 6.10. The zero-order valence-electron chi connectivity index (χ0n) is 29.7. The van der Waals surface area contributed by atoms with E-state index in [9.17, 15) is 0 Å². The molecule has 0 fully saturated rings. The van der Waals surface area contributed by atoms with Gasteiger partial charge in [0.25, 0.3) is 0 Å². The lowest BCUT2D eigenvalue weighted by atomic mass is 9.67. The summed E-state index contributed by atoms with van der Waals surface area (Å²) < 4.78 is 4.88. The van der Waals surface area contributed by atoms with Crippen LogP contribution in [-0.4, -0.2) is 9.13 Å². The molecule has 0 atom stereocenters. The van der Waals surface area contributed by atoms with Crippen molar-refractivity contribution in [1.82, 2.24) is 9.13 Å². The van der Waals surface area contributed by atoms with E-state index in [-0.39, 0.29) is 0 Å². The minimum absolute atomic E-state index is 0.499. The molecule has 1 aliphatic rings. The molecule has 8 aromatic carbocycles. The van der Waals surface area contributed by atoms with Crippen molar-refractivity contribution in [1.29, 1.82) is 0 Å². The van der Waals surface area contributed by atoms with Gasteiger partial charge in [-0.1, -0.05) is 146 Å². The van der Waals surface area contributed by atoms with Gasteiger partial charge < -0.3 is 9.13 Å². The van der Waals surface area contributed by atoms with Gasteiger partial charge in [-0.25, -0.2) is 0 Å². The number of rotatable bonds is 4. The van der Waals surface area contributed by atoms with Gasteiger partial charge in [-0.2, -0.15) is 0 Å². The predicted molar refractivity (Wildman–Crippen MR) is 222 cm³/mol. The molecule has 2 heteroatoms. The maximum atomic E-state index is 2.45. The van der Waals surface area contributed by atoms with E-state index in [0.717, 1.165) is 0 Å². The van der Waals surface area contributed by atoms with E-state index >= 15 is 0 Å². The first-order valence-electron chi connectivity index (χ1n) is 18.5. The molecule has 0 aliphatic heterocycles. The third-order valence-corrected chi connectivity index (χ3v) is 11.9. The van der Waals surface area contributed by atoms with Gasteiger partial charge in [0.15, 0.2) is 0 Å². The summed E-state index contributed by atoms with van der Waals surface area (Å²) in [6, 6.07) is 67.6. The van der Waals surface area contributed by atoms with Gasteiger partial charge in [0, 0.05) is 32.9 Å². The van der Waals surface area contributed by atoms with Gasteiger partial charge in [0.1, 0.15) is 0 Å². The van der Waals surface area contributed by atoms with Crippen LogP contribution in [0.4, 0.5) is 0 Å². The summed E-state index contributed by atoms with van der Waals surface area (Å²) in [5.41, 5.74) is 17.1. The number of nitrogens with zero attached hydrogens (tertiary/aromatic N) is 2. The van der Waals surface area contributed by atoms with E-state index in [4.69, 9.17) is 0 Å². The van der Waals surface area contributed by atoms with Gasteiger partial charge in [-0.15, -0.1) is 0 Å². The molecular formula is C51H36N2. The first-order valence-corrected chi connectivity index (χ1v) is 18.5. The maximum absolute atomic E-state index is 2.45. The van der Waals surface area contributed by atoms with Crippen LogP contribution < -0.4 is 0 Å². The Labute approximate surface area is 308 Å². The number of fused-ring (bicyclic) bond motifs is 9. The van der Waals surface area contributed by atoms with E-state index < -0.39 is 5.41 Å². The van der Waals surface area contributed by atoms with Crippen LogP contribution in [0.3, 0.4) is 0 Å². The highest BCUT2D eigenvalue weighted by Crippen LogP contribution is 2.56. The summed E-state index contributed by atoms with van der Waals surface area (Å²) in [5.74, 6) is 0. The lowest BCUT2D eigenvalue weighted by Crippen LogP contribution is -2.29. The Morgan fingerprint density at radius 3 is 1.02 bits per heavy atom. The standard InChI is InChI=1S/C51H36N2/c1-33-31-35(27-29-45(33)52-47-23-11-5-17-39(47)40-18-6-12-24-48(40)52)51(43-21-9-3-15-37(43)38-16-4-10-22-44(38)51)36-28-30-46(34(2)32-36)53-49-25-13-7-19-41(49)42-20-8-14-26-50(42)53/h3-32H,1-2H3. The van der Waals surface area contributed by atoms with Gasteiger partial charge in [-0.05, 0) is 94.8 Å². The van der Waals surface area contributed by atoms with Crippen LogP contribution in [0.1, 0.15) is 33.4 Å². The number of aryl methyl sites for hydroxylation is 2. The molecule has 0 radical (unpaired) electrons. The monoisotopic (exact) mass is 676 g/mol. The van der Waals surface area contributed by atoms with E-state index in [2.05, 4.69) is 205 Å². The summed E-state index contributed by atoms with van der Waals surface area (Å²) in [4.78, 5) is 0. The number of aromatic nitrogens is 2. The number of para-hydroxylation sites is 4. The van der Waals surface area contributed by atoms with Gasteiger partial charge >= 0.3 is 0 Å². The molecule has 0 bridgehead atoms. The Bertz CT molecular complexity index is 2780. The van der Waals surface area contributed by atoms with E-state index in [1.54, 1.807) is 0 Å². The minimum atomic E-state index is -0.499. The van der Waals surface area contributed by atoms with Crippen molar-refractivity contribution in [3.63, 3.8) is 0 Å². The van der Waals surface area contributed by atoms with E-state index in [0.29, 0.717) is 0 Å². The Hall–Kier alpha value is -6.64. The predicted octanol–water partition coefficient (Wildman–Crippen LogP) is 12.9. The highest BCUT2D eigenvalue weighted by atomic mass is 15.0. The smallest absolute Gasteiger partial charge is 0.0713 e. The van der Waals surface area contributed by atoms with Crippen LogP contribution >= 0.6 is 0 Å². The summed E-state index contributed by atoms with van der Waals surface area (Å²) in [6.07, 6.45) is 0. The fourth-order valence-corrected chi connectivity index (χ4v) is 9.67. The number of hydrogen-bond acceptors (Lipinski definition) is 0. The molecule has 0 unspecified atom stereocenters. The van der Waals surface area contributed by atoms with Crippen molar-refractivity contribution in [2.45, 2.75) is 19.3 Å². The van der Waals surface area contributed by atoms with E-state index in [1.807, 2.05) is 0 Å². The fraction of sp³-hybridized carbons (Fsp3) is 0.0588. The van der Waals surface area contributed by atoms with Crippen molar-refractivity contribution in [3.8, 4) is 22.5 Å². The quantitative estimate of drug-likeness (QED) is 0.176. The van der Waals surface area contributed by atoms with Crippen molar-refractivity contribution >= 4 is 43.6 Å². The molecule has 10 aromatic rings. The summed E-state index contributed by atoms with van der Waals surface area (Å²) in [7, 11) is 0. The highest BCUT2D eigenvalue weighted by Gasteiger charge is 2.46. The SMILES string of the molecule is Cc1cc(C2(c3ccc(-n4c5ccccc5c5ccccc54)c(C)c3)c3ccccc3-c3ccccc32)ccc1-n1c2ccccc2c2ccccc21. The molecule has 2 nitrogen and oxygen atoms in total. The molecule has 0 N–H and O–H groups in total. The molecule has 11 rings (SSSR count). The van der Waals surface area contributed by atoms with Crippen LogP contribution in [0.15, 0.2) is 182 Å². The second-order valence-electron chi connectivity index (χ2n) is 14.6. The largest absolute Gasteiger partial charge is 0.309 e. The topological polar surface area (TPSA) is 9.86 Å². The van der Waals surface area contributed by atoms with Crippen LogP contribution in [0, 0.1) is 13.8 Å². The lowest BCUT2D eigenvalue weighted by Gasteiger charge is -2.35. The molecule has 0 saturated carbocycles. The summed E-state index contributed by atoms with van der Waals surface area (Å²) in [5, 5.41) is 5.11. The molecule has 0 saturated heterocycles. The van der Waals surface area contributed by atoms with Crippen molar-refractivity contribution in [2.24, 2.45) is 0 Å². The Morgan fingerprint density at radius 2 is 0.660 bits per heavy atom. The average Bonchev–Trinajstić information content (AvgIpc) is 3.83. The van der Waals surface area contributed by atoms with Crippen LogP contribution in [0.25, 0.3) is 66.1 Å². The van der Waals surface area contributed by atoms with Crippen molar-refractivity contribution in [2.75, 3.05) is 0 Å². The van der Waals surface area contributed by atoms with Crippen LogP contribution in [-0.2, 0) is 5.41 Å². The van der Waals surface area contributed by atoms with Gasteiger partial charge in [0.2, 0.25) is 0 Å². The molecule has 0 amide bonds. The normalized spacial score (nSPS) is 13.2. The molecule has 0 spiro atoms. The van der Waals surface area contributed by atoms with Crippen molar-refractivity contribution < 1.29 is 0 Å². The zero-order chi connectivity index (χ0) is 35.3. The average molecular weight is 677 g/mol. The zero-order valence-corrected chi connectivity index (χ0v) is 29.7. The lowest BCUT2D eigenvalue weighted by molar-refractivity contribution is 0.765. The van der Waals surface area contributed by atoms with Gasteiger partial charge in [-0.3, -0.25) is 0 Å². The first-order chi connectivity index (χ1) is 26.1. The van der Waals surface area contributed by atoms with Crippen LogP contribution in [0.2, 0.25) is 0 Å². The second-order valence-corrected chi connectivity index (χ2v) is 14.6. The molecule has 250 valence electrons. The third kappa shape index (κ3) is 4.04. The minimum Gasteiger partial charge on any atom is -0.309 e. The van der Waals surface area contributed by atoms with Gasteiger partial charge in [0.05, 0.1) is 27.5 Å². The van der Waals surface area contributed by atoms with Crippen LogP contribution in [0.5, 0.6) is 0 Å². The summed E-state index contributed by atoms with van der Waals surface area (Å²) >= 11 is 0. The molecule has 1 aliphatic carbocycles. The second kappa shape index (κ2) is 11.2. The first kappa shape index (κ1) is 30.0. The van der Waals surface area contributed by atoms with E-state index in [1.165, 1.54) is 99.5 Å². The third-order valence-electron chi connectivity index (χ3n) is 11.9. The number of hydrogen-bond donors (Lipinski definition) is 0. The number of benzene rings is 8. The summed E-state index contributed by atoms with van der Waals surface area (Å²) in [6.45, 7) is 4.55. The van der Waals surface area contributed by atoms with Crippen molar-refractivity contribution in [3.05, 3.63) is 215 Å².